The Morgan fingerprint density at radius 3 is 1.58 bits per heavy atom. The standard InChI is InChI=1S/C9H20O2.C6H16N2/c1-2-3-4-5-6-7-8-9(10)11;1-2-3-4-5-6(7)8/h9-11H,2-8H2,1H3;6H,2-5,7-8H2,1H3. The molecule has 0 rings (SSSR count). The Morgan fingerprint density at radius 2 is 1.11 bits per heavy atom. The minimum Gasteiger partial charge on any atom is -0.368 e. The molecule has 0 aliphatic rings. The van der Waals surface area contributed by atoms with Crippen LogP contribution in [0.2, 0.25) is 0 Å². The first-order valence-corrected chi connectivity index (χ1v) is 7.91. The molecule has 0 heterocycles. The summed E-state index contributed by atoms with van der Waals surface area (Å²) in [5.41, 5.74) is 10.6. The second-order valence-corrected chi connectivity index (χ2v) is 5.20. The Balaban J connectivity index is 0. The molecule has 4 nitrogen and oxygen atoms in total. The second-order valence-electron chi connectivity index (χ2n) is 5.20. The summed E-state index contributed by atoms with van der Waals surface area (Å²) in [6, 6.07) is 0. The van der Waals surface area contributed by atoms with Crippen molar-refractivity contribution in [2.75, 3.05) is 0 Å². The summed E-state index contributed by atoms with van der Waals surface area (Å²) in [5.74, 6) is 0. The number of hydrogen-bond donors (Lipinski definition) is 4. The van der Waals surface area contributed by atoms with Gasteiger partial charge in [-0.15, -0.1) is 0 Å². The first-order valence-electron chi connectivity index (χ1n) is 7.91. The minimum atomic E-state index is -1.10. The van der Waals surface area contributed by atoms with Crippen molar-refractivity contribution in [3.63, 3.8) is 0 Å². The van der Waals surface area contributed by atoms with E-state index in [9.17, 15) is 0 Å². The normalized spacial score (nSPS) is 10.7. The fourth-order valence-electron chi connectivity index (χ4n) is 1.74. The van der Waals surface area contributed by atoms with Crippen molar-refractivity contribution in [2.45, 2.75) is 96.9 Å². The Labute approximate surface area is 119 Å². The maximum absolute atomic E-state index is 8.51. The molecule has 0 spiro atoms. The van der Waals surface area contributed by atoms with Gasteiger partial charge in [-0.25, -0.2) is 0 Å². The van der Waals surface area contributed by atoms with Gasteiger partial charge in [0.1, 0.15) is 0 Å². The van der Waals surface area contributed by atoms with Crippen molar-refractivity contribution in [2.24, 2.45) is 11.5 Å². The van der Waals surface area contributed by atoms with Gasteiger partial charge in [0.25, 0.3) is 0 Å². The van der Waals surface area contributed by atoms with E-state index in [1.807, 2.05) is 0 Å². The maximum Gasteiger partial charge on any atom is 0.151 e. The number of aliphatic hydroxyl groups is 2. The van der Waals surface area contributed by atoms with Crippen molar-refractivity contribution in [1.29, 1.82) is 0 Å². The first kappa shape index (κ1) is 21.1. The zero-order valence-electron chi connectivity index (χ0n) is 13.0. The Morgan fingerprint density at radius 1 is 0.684 bits per heavy atom. The van der Waals surface area contributed by atoms with Crippen LogP contribution in [0.1, 0.15) is 84.5 Å². The monoisotopic (exact) mass is 276 g/mol. The molecule has 0 aliphatic carbocycles. The molecule has 0 atom stereocenters. The highest BCUT2D eigenvalue weighted by Gasteiger charge is 1.95. The molecule has 19 heavy (non-hydrogen) atoms. The zero-order chi connectivity index (χ0) is 14.9. The minimum absolute atomic E-state index is 0.0958. The van der Waals surface area contributed by atoms with Crippen LogP contribution in [0.25, 0.3) is 0 Å². The van der Waals surface area contributed by atoms with Crippen molar-refractivity contribution in [3.05, 3.63) is 0 Å². The smallest absolute Gasteiger partial charge is 0.151 e. The van der Waals surface area contributed by atoms with E-state index >= 15 is 0 Å². The quantitative estimate of drug-likeness (QED) is 0.345. The third-order valence-corrected chi connectivity index (χ3v) is 2.96. The van der Waals surface area contributed by atoms with Crippen LogP contribution in [0, 0.1) is 0 Å². The highest BCUT2D eigenvalue weighted by atomic mass is 16.5. The van der Waals surface area contributed by atoms with Crippen LogP contribution < -0.4 is 11.5 Å². The molecule has 0 bridgehead atoms. The van der Waals surface area contributed by atoms with Gasteiger partial charge in [-0.3, -0.25) is 0 Å². The van der Waals surface area contributed by atoms with Crippen molar-refractivity contribution < 1.29 is 10.2 Å². The lowest BCUT2D eigenvalue weighted by molar-refractivity contribution is -0.0466. The molecule has 0 fully saturated rings. The molecular formula is C15H36N2O2. The summed E-state index contributed by atoms with van der Waals surface area (Å²) in [5, 5.41) is 17.0. The van der Waals surface area contributed by atoms with E-state index in [0.717, 1.165) is 19.3 Å². The van der Waals surface area contributed by atoms with E-state index in [1.165, 1.54) is 44.9 Å². The van der Waals surface area contributed by atoms with Crippen molar-refractivity contribution in [1.82, 2.24) is 0 Å². The molecule has 0 aromatic heterocycles. The average Bonchev–Trinajstić information content (AvgIpc) is 2.34. The van der Waals surface area contributed by atoms with Crippen LogP contribution in [0.5, 0.6) is 0 Å². The number of hydrogen-bond acceptors (Lipinski definition) is 4. The van der Waals surface area contributed by atoms with Crippen LogP contribution in [0.3, 0.4) is 0 Å². The molecule has 0 aromatic carbocycles. The topological polar surface area (TPSA) is 92.5 Å². The molecule has 118 valence electrons. The zero-order valence-corrected chi connectivity index (χ0v) is 13.0. The van der Waals surface area contributed by atoms with Crippen LogP contribution >= 0.6 is 0 Å². The van der Waals surface area contributed by atoms with Gasteiger partial charge in [-0.05, 0) is 19.3 Å². The predicted octanol–water partition coefficient (Wildman–Crippen LogP) is 2.86. The van der Waals surface area contributed by atoms with E-state index in [2.05, 4.69) is 13.8 Å². The van der Waals surface area contributed by atoms with Crippen molar-refractivity contribution >= 4 is 0 Å². The van der Waals surface area contributed by atoms with E-state index < -0.39 is 6.29 Å². The highest BCUT2D eigenvalue weighted by Crippen LogP contribution is 2.07. The van der Waals surface area contributed by atoms with Crippen LogP contribution in [0.15, 0.2) is 0 Å². The van der Waals surface area contributed by atoms with Gasteiger partial charge in [0, 0.05) is 0 Å². The molecule has 0 saturated heterocycles. The fraction of sp³-hybridized carbons (Fsp3) is 1.00. The number of nitrogens with two attached hydrogens (primary N) is 2. The summed E-state index contributed by atoms with van der Waals surface area (Å²) in [7, 11) is 0. The van der Waals surface area contributed by atoms with Crippen LogP contribution in [0.4, 0.5) is 0 Å². The lowest BCUT2D eigenvalue weighted by Gasteiger charge is -2.02. The van der Waals surface area contributed by atoms with Crippen molar-refractivity contribution in [3.8, 4) is 0 Å². The van der Waals surface area contributed by atoms with Crippen LogP contribution in [-0.2, 0) is 0 Å². The number of aliphatic hydroxyl groups excluding tert-OH is 1. The van der Waals surface area contributed by atoms with E-state index in [0.29, 0.717) is 6.42 Å². The van der Waals surface area contributed by atoms with E-state index in [1.54, 1.807) is 0 Å². The lowest BCUT2D eigenvalue weighted by Crippen LogP contribution is -2.29. The molecule has 0 unspecified atom stereocenters. The summed E-state index contributed by atoms with van der Waals surface area (Å²) in [6.45, 7) is 4.36. The van der Waals surface area contributed by atoms with E-state index in [4.69, 9.17) is 21.7 Å². The van der Waals surface area contributed by atoms with Gasteiger partial charge in [-0.2, -0.15) is 0 Å². The SMILES string of the molecule is CCCCCC(N)N.CCCCCCCCC(O)O. The van der Waals surface area contributed by atoms with Gasteiger partial charge >= 0.3 is 0 Å². The highest BCUT2D eigenvalue weighted by molar-refractivity contribution is 4.49. The van der Waals surface area contributed by atoms with Gasteiger partial charge < -0.3 is 21.7 Å². The summed E-state index contributed by atoms with van der Waals surface area (Å²) < 4.78 is 0. The predicted molar refractivity (Wildman–Crippen MR) is 82.5 cm³/mol. The molecule has 0 aromatic rings. The largest absolute Gasteiger partial charge is 0.368 e. The first-order chi connectivity index (χ1) is 9.04. The van der Waals surface area contributed by atoms with E-state index in [-0.39, 0.29) is 6.17 Å². The third kappa shape index (κ3) is 27.2. The summed E-state index contributed by atoms with van der Waals surface area (Å²) >= 11 is 0. The van der Waals surface area contributed by atoms with Gasteiger partial charge in [0.15, 0.2) is 6.29 Å². The summed E-state index contributed by atoms with van der Waals surface area (Å²) in [6.07, 6.45) is 11.2. The third-order valence-electron chi connectivity index (χ3n) is 2.96. The Bertz CT molecular complexity index is 153. The van der Waals surface area contributed by atoms with Crippen LogP contribution in [-0.4, -0.2) is 22.7 Å². The van der Waals surface area contributed by atoms with Gasteiger partial charge in [0.05, 0.1) is 6.17 Å². The number of rotatable bonds is 11. The molecule has 0 saturated carbocycles. The molecular weight excluding hydrogens is 240 g/mol. The molecule has 0 amide bonds. The molecule has 6 N–H and O–H groups in total. The molecule has 0 aliphatic heterocycles. The lowest BCUT2D eigenvalue weighted by atomic mass is 10.1. The summed E-state index contributed by atoms with van der Waals surface area (Å²) in [4.78, 5) is 0. The molecule has 0 radical (unpaired) electrons. The van der Waals surface area contributed by atoms with Gasteiger partial charge in [0.2, 0.25) is 0 Å². The average molecular weight is 276 g/mol. The number of unbranched alkanes of at least 4 members (excludes halogenated alkanes) is 7. The fourth-order valence-corrected chi connectivity index (χ4v) is 1.74. The molecule has 4 heteroatoms. The van der Waals surface area contributed by atoms with Gasteiger partial charge in [-0.1, -0.05) is 65.2 Å². The maximum atomic E-state index is 8.51. The second kappa shape index (κ2) is 17.8. The Hall–Kier alpha value is -0.160. The Kier molecular flexibility index (Phi) is 19.9.